The van der Waals surface area contributed by atoms with E-state index in [2.05, 4.69) is 31.1 Å². The van der Waals surface area contributed by atoms with Crippen molar-refractivity contribution in [2.75, 3.05) is 13.2 Å². The molecular formula is C19H25N3O2. The fraction of sp³-hybridized carbons (Fsp3) is 0.474. The molecule has 0 saturated carbocycles. The Labute approximate surface area is 143 Å². The highest BCUT2D eigenvalue weighted by Gasteiger charge is 2.22. The summed E-state index contributed by atoms with van der Waals surface area (Å²) in [6.07, 6.45) is 7.94. The van der Waals surface area contributed by atoms with Crippen LogP contribution < -0.4 is 10.1 Å². The molecule has 2 aromatic rings. The maximum absolute atomic E-state index is 12.1. The fourth-order valence-corrected chi connectivity index (χ4v) is 3.01. The Balaban J connectivity index is 1.79. The van der Waals surface area contributed by atoms with Crippen molar-refractivity contribution in [1.29, 1.82) is 0 Å². The summed E-state index contributed by atoms with van der Waals surface area (Å²) in [7, 11) is 0. The van der Waals surface area contributed by atoms with Crippen LogP contribution in [0.5, 0.6) is 5.75 Å². The summed E-state index contributed by atoms with van der Waals surface area (Å²) >= 11 is 0. The van der Waals surface area contributed by atoms with Crippen LogP contribution in [0.15, 0.2) is 30.7 Å². The number of carbonyl (C=O) groups is 1. The van der Waals surface area contributed by atoms with Crippen molar-refractivity contribution < 1.29 is 9.53 Å². The van der Waals surface area contributed by atoms with E-state index in [1.807, 2.05) is 22.9 Å². The Kier molecular flexibility index (Phi) is 4.71. The minimum Gasteiger partial charge on any atom is -0.490 e. The molecule has 1 aliphatic carbocycles. The average Bonchev–Trinajstić information content (AvgIpc) is 2.96. The molecule has 0 atom stereocenters. The molecule has 0 unspecified atom stereocenters. The summed E-state index contributed by atoms with van der Waals surface area (Å²) in [5, 5.41) is 3.41. The first-order valence-electron chi connectivity index (χ1n) is 8.51. The van der Waals surface area contributed by atoms with Gasteiger partial charge in [-0.1, -0.05) is 0 Å². The monoisotopic (exact) mass is 327 g/mol. The van der Waals surface area contributed by atoms with E-state index in [4.69, 9.17) is 4.74 Å². The van der Waals surface area contributed by atoms with Gasteiger partial charge in [0.25, 0.3) is 0 Å². The smallest absolute Gasteiger partial charge is 0.164 e. The molecule has 0 spiro atoms. The van der Waals surface area contributed by atoms with E-state index < -0.39 is 0 Å². The van der Waals surface area contributed by atoms with Crippen LogP contribution >= 0.6 is 0 Å². The second kappa shape index (κ2) is 6.77. The SMILES string of the molecule is CC(C)(C)NCCOc1ccncc1-n1ccc2c1CCCC2=O. The van der Waals surface area contributed by atoms with Gasteiger partial charge in [-0.2, -0.15) is 0 Å². The van der Waals surface area contributed by atoms with E-state index in [1.54, 1.807) is 12.4 Å². The van der Waals surface area contributed by atoms with Gasteiger partial charge in [0.05, 0.1) is 6.20 Å². The van der Waals surface area contributed by atoms with Crippen LogP contribution in [0.2, 0.25) is 0 Å². The van der Waals surface area contributed by atoms with Crippen LogP contribution in [0, 0.1) is 0 Å². The Hall–Kier alpha value is -2.14. The minimum atomic E-state index is 0.0737. The van der Waals surface area contributed by atoms with Gasteiger partial charge in [0.1, 0.15) is 18.0 Å². The molecular weight excluding hydrogens is 302 g/mol. The lowest BCUT2D eigenvalue weighted by Gasteiger charge is -2.21. The maximum atomic E-state index is 12.1. The van der Waals surface area contributed by atoms with Crippen molar-refractivity contribution in [2.45, 2.75) is 45.6 Å². The number of ether oxygens (including phenoxy) is 1. The molecule has 2 heterocycles. The van der Waals surface area contributed by atoms with Gasteiger partial charge in [-0.05, 0) is 39.7 Å². The second-order valence-corrected chi connectivity index (χ2v) is 7.19. The van der Waals surface area contributed by atoms with Crippen molar-refractivity contribution in [3.63, 3.8) is 0 Å². The number of rotatable bonds is 5. The molecule has 0 saturated heterocycles. The fourth-order valence-electron chi connectivity index (χ4n) is 3.01. The Morgan fingerprint density at radius 1 is 1.29 bits per heavy atom. The molecule has 0 fully saturated rings. The largest absolute Gasteiger partial charge is 0.490 e. The minimum absolute atomic E-state index is 0.0737. The lowest BCUT2D eigenvalue weighted by atomic mass is 9.97. The van der Waals surface area contributed by atoms with E-state index in [-0.39, 0.29) is 11.3 Å². The Morgan fingerprint density at radius 3 is 2.92 bits per heavy atom. The number of pyridine rings is 1. The van der Waals surface area contributed by atoms with Gasteiger partial charge in [-0.15, -0.1) is 0 Å². The van der Waals surface area contributed by atoms with Gasteiger partial charge in [0.2, 0.25) is 0 Å². The highest BCUT2D eigenvalue weighted by molar-refractivity contribution is 5.98. The van der Waals surface area contributed by atoms with Gasteiger partial charge in [0, 0.05) is 48.2 Å². The lowest BCUT2D eigenvalue weighted by molar-refractivity contribution is 0.0972. The molecule has 1 aliphatic rings. The number of Topliss-reactive ketones (excluding diaryl/α,β-unsaturated/α-hetero) is 1. The zero-order valence-corrected chi connectivity index (χ0v) is 14.6. The van der Waals surface area contributed by atoms with Gasteiger partial charge >= 0.3 is 0 Å². The van der Waals surface area contributed by atoms with E-state index >= 15 is 0 Å². The first-order valence-corrected chi connectivity index (χ1v) is 8.51. The third kappa shape index (κ3) is 3.67. The third-order valence-corrected chi connectivity index (χ3v) is 4.15. The highest BCUT2D eigenvalue weighted by Crippen LogP contribution is 2.29. The highest BCUT2D eigenvalue weighted by atomic mass is 16.5. The zero-order chi connectivity index (χ0) is 17.2. The topological polar surface area (TPSA) is 56.1 Å². The first kappa shape index (κ1) is 16.7. The molecule has 128 valence electrons. The van der Waals surface area contributed by atoms with Crippen molar-refractivity contribution >= 4 is 5.78 Å². The summed E-state index contributed by atoms with van der Waals surface area (Å²) in [5.41, 5.74) is 2.87. The molecule has 2 aromatic heterocycles. The van der Waals surface area contributed by atoms with Gasteiger partial charge < -0.3 is 14.6 Å². The summed E-state index contributed by atoms with van der Waals surface area (Å²) in [5.74, 6) is 1.02. The maximum Gasteiger partial charge on any atom is 0.164 e. The van der Waals surface area contributed by atoms with Crippen molar-refractivity contribution in [3.8, 4) is 11.4 Å². The summed E-state index contributed by atoms with van der Waals surface area (Å²) in [6.45, 7) is 7.75. The van der Waals surface area contributed by atoms with Crippen LogP contribution in [0.4, 0.5) is 0 Å². The quantitative estimate of drug-likeness (QED) is 0.857. The number of fused-ring (bicyclic) bond motifs is 1. The van der Waals surface area contributed by atoms with Crippen molar-refractivity contribution in [1.82, 2.24) is 14.9 Å². The predicted molar refractivity (Wildman–Crippen MR) is 94.1 cm³/mol. The molecule has 0 aliphatic heterocycles. The van der Waals surface area contributed by atoms with Crippen molar-refractivity contribution in [3.05, 3.63) is 42.0 Å². The summed E-state index contributed by atoms with van der Waals surface area (Å²) < 4.78 is 8.01. The first-order chi connectivity index (χ1) is 11.5. The van der Waals surface area contributed by atoms with Crippen LogP contribution in [0.1, 0.15) is 49.7 Å². The number of nitrogens with zero attached hydrogens (tertiary/aromatic N) is 2. The normalized spacial score (nSPS) is 14.5. The number of carbonyl (C=O) groups excluding carboxylic acids is 1. The third-order valence-electron chi connectivity index (χ3n) is 4.15. The van der Waals surface area contributed by atoms with E-state index in [9.17, 15) is 4.79 Å². The van der Waals surface area contributed by atoms with Crippen LogP contribution in [-0.4, -0.2) is 34.0 Å². The zero-order valence-electron chi connectivity index (χ0n) is 14.6. The van der Waals surface area contributed by atoms with Gasteiger partial charge in [-0.25, -0.2) is 0 Å². The standard InChI is InChI=1S/C19H25N3O2/c1-19(2,3)21-10-12-24-18-7-9-20-13-16(18)22-11-8-14-15(22)5-4-6-17(14)23/h7-9,11,13,21H,4-6,10,12H2,1-3H3. The molecule has 0 aromatic carbocycles. The van der Waals surface area contributed by atoms with E-state index in [0.29, 0.717) is 13.0 Å². The number of aromatic nitrogens is 2. The Bertz CT molecular complexity index is 728. The molecule has 5 heteroatoms. The van der Waals surface area contributed by atoms with Gasteiger partial charge in [0.15, 0.2) is 5.78 Å². The second-order valence-electron chi connectivity index (χ2n) is 7.19. The molecule has 24 heavy (non-hydrogen) atoms. The van der Waals surface area contributed by atoms with Crippen molar-refractivity contribution in [2.24, 2.45) is 0 Å². The molecule has 0 bridgehead atoms. The number of nitrogens with one attached hydrogen (secondary N) is 1. The summed E-state index contributed by atoms with van der Waals surface area (Å²) in [6, 6.07) is 3.79. The van der Waals surface area contributed by atoms with Crippen LogP contribution in [0.25, 0.3) is 5.69 Å². The molecule has 1 N–H and O–H groups in total. The lowest BCUT2D eigenvalue weighted by Crippen LogP contribution is -2.38. The molecule has 0 amide bonds. The number of hydrogen-bond donors (Lipinski definition) is 1. The molecule has 0 radical (unpaired) electrons. The van der Waals surface area contributed by atoms with Crippen LogP contribution in [-0.2, 0) is 6.42 Å². The van der Waals surface area contributed by atoms with Gasteiger partial charge in [-0.3, -0.25) is 9.78 Å². The summed E-state index contributed by atoms with van der Waals surface area (Å²) in [4.78, 5) is 16.3. The molecule has 5 nitrogen and oxygen atoms in total. The predicted octanol–water partition coefficient (Wildman–Crippen LogP) is 3.16. The van der Waals surface area contributed by atoms with E-state index in [1.165, 1.54) is 0 Å². The van der Waals surface area contributed by atoms with E-state index in [0.717, 1.165) is 42.1 Å². The number of hydrogen-bond acceptors (Lipinski definition) is 4. The number of ketones is 1. The Morgan fingerprint density at radius 2 is 2.12 bits per heavy atom. The average molecular weight is 327 g/mol. The van der Waals surface area contributed by atoms with Crippen LogP contribution in [0.3, 0.4) is 0 Å². The molecule has 3 rings (SSSR count).